The molecule has 0 saturated carbocycles. The molecule has 1 unspecified atom stereocenters. The molecule has 0 aromatic heterocycles. The maximum absolute atomic E-state index is 11.9. The summed E-state index contributed by atoms with van der Waals surface area (Å²) in [5.74, 6) is 2.20. The van der Waals surface area contributed by atoms with Crippen molar-refractivity contribution >= 4 is 30.1 Å². The van der Waals surface area contributed by atoms with E-state index >= 15 is 0 Å². The van der Waals surface area contributed by atoms with E-state index in [4.69, 9.17) is 5.73 Å². The number of amides is 1. The lowest BCUT2D eigenvalue weighted by atomic mass is 9.86. The van der Waals surface area contributed by atoms with Crippen LogP contribution in [0, 0.1) is 5.41 Å². The monoisotopic (exact) mass is 252 g/mol. The normalized spacial score (nSPS) is 19.3. The molecule has 0 aromatic rings. The number of hydrogen-bond donors (Lipinski definition) is 1. The lowest BCUT2D eigenvalue weighted by molar-refractivity contribution is -0.134. The maximum atomic E-state index is 11.9. The van der Waals surface area contributed by atoms with Gasteiger partial charge in [0.05, 0.1) is 6.04 Å². The summed E-state index contributed by atoms with van der Waals surface area (Å²) in [6.07, 6.45) is 0. The second kappa shape index (κ2) is 5.97. The Bertz CT molecular complexity index is 212. The van der Waals surface area contributed by atoms with Gasteiger partial charge in [0.15, 0.2) is 0 Å². The van der Waals surface area contributed by atoms with Crippen molar-refractivity contribution in [1.82, 2.24) is 4.90 Å². The van der Waals surface area contributed by atoms with Crippen LogP contribution in [-0.2, 0) is 4.79 Å². The first kappa shape index (κ1) is 15.1. The maximum Gasteiger partial charge on any atom is 0.240 e. The number of halogens is 1. The highest BCUT2D eigenvalue weighted by Crippen LogP contribution is 2.20. The summed E-state index contributed by atoms with van der Waals surface area (Å²) in [4.78, 5) is 13.8. The lowest BCUT2D eigenvalue weighted by Gasteiger charge is -2.33. The third-order valence-electron chi connectivity index (χ3n) is 2.52. The predicted octanol–water partition coefficient (Wildman–Crippen LogP) is 1.36. The van der Waals surface area contributed by atoms with Gasteiger partial charge in [0, 0.05) is 24.6 Å². The van der Waals surface area contributed by atoms with Crippen LogP contribution in [0.5, 0.6) is 0 Å². The second-order valence-electron chi connectivity index (χ2n) is 4.78. The molecule has 1 fully saturated rings. The van der Waals surface area contributed by atoms with Gasteiger partial charge >= 0.3 is 0 Å². The van der Waals surface area contributed by atoms with Crippen LogP contribution >= 0.6 is 24.2 Å². The predicted molar refractivity (Wildman–Crippen MR) is 68.6 cm³/mol. The molecule has 5 heteroatoms. The Kier molecular flexibility index (Phi) is 5.99. The summed E-state index contributed by atoms with van der Waals surface area (Å²) in [6.45, 7) is 7.73. The highest BCUT2D eigenvalue weighted by molar-refractivity contribution is 7.99. The molecule has 1 heterocycles. The zero-order chi connectivity index (χ0) is 10.8. The lowest BCUT2D eigenvalue weighted by Crippen LogP contribution is -2.52. The van der Waals surface area contributed by atoms with Crippen molar-refractivity contribution in [3.05, 3.63) is 0 Å². The smallest absolute Gasteiger partial charge is 0.240 e. The van der Waals surface area contributed by atoms with Crippen molar-refractivity contribution < 1.29 is 4.79 Å². The van der Waals surface area contributed by atoms with Crippen LogP contribution in [0.3, 0.4) is 0 Å². The molecule has 1 amide bonds. The Labute approximate surface area is 103 Å². The number of nitrogens with two attached hydrogens (primary N) is 1. The van der Waals surface area contributed by atoms with Gasteiger partial charge < -0.3 is 10.6 Å². The first-order valence-corrected chi connectivity index (χ1v) is 6.20. The second-order valence-corrected chi connectivity index (χ2v) is 6.01. The van der Waals surface area contributed by atoms with Crippen molar-refractivity contribution in [3.63, 3.8) is 0 Å². The number of carbonyl (C=O) groups excluding carboxylic acids is 1. The molecule has 1 rings (SSSR count). The van der Waals surface area contributed by atoms with Gasteiger partial charge in [-0.3, -0.25) is 4.79 Å². The van der Waals surface area contributed by atoms with Crippen LogP contribution in [-0.4, -0.2) is 41.4 Å². The average molecular weight is 253 g/mol. The Morgan fingerprint density at radius 1 is 1.33 bits per heavy atom. The molecule has 15 heavy (non-hydrogen) atoms. The van der Waals surface area contributed by atoms with Crippen molar-refractivity contribution in [3.8, 4) is 0 Å². The van der Waals surface area contributed by atoms with E-state index in [2.05, 4.69) is 0 Å². The highest BCUT2D eigenvalue weighted by atomic mass is 35.5. The zero-order valence-electron chi connectivity index (χ0n) is 9.66. The van der Waals surface area contributed by atoms with E-state index in [0.717, 1.165) is 24.6 Å². The van der Waals surface area contributed by atoms with Crippen LogP contribution in [0.15, 0.2) is 0 Å². The molecule has 0 aliphatic carbocycles. The van der Waals surface area contributed by atoms with Gasteiger partial charge in [-0.25, -0.2) is 0 Å². The quantitative estimate of drug-likeness (QED) is 0.767. The molecule has 1 aliphatic heterocycles. The van der Waals surface area contributed by atoms with E-state index in [1.165, 1.54) is 0 Å². The molecular weight excluding hydrogens is 232 g/mol. The van der Waals surface area contributed by atoms with Gasteiger partial charge in [-0.1, -0.05) is 20.8 Å². The fourth-order valence-corrected chi connectivity index (χ4v) is 2.25. The first-order valence-electron chi connectivity index (χ1n) is 5.05. The van der Waals surface area contributed by atoms with E-state index in [1.54, 1.807) is 0 Å². The van der Waals surface area contributed by atoms with Crippen molar-refractivity contribution in [2.24, 2.45) is 11.1 Å². The molecule has 1 saturated heterocycles. The molecule has 3 nitrogen and oxygen atoms in total. The van der Waals surface area contributed by atoms with Crippen LogP contribution in [0.25, 0.3) is 0 Å². The van der Waals surface area contributed by atoms with Gasteiger partial charge in [-0.05, 0) is 5.41 Å². The third kappa shape index (κ3) is 4.21. The molecule has 90 valence electrons. The summed E-state index contributed by atoms with van der Waals surface area (Å²) in [7, 11) is 0. The number of carbonyl (C=O) groups is 1. The zero-order valence-corrected chi connectivity index (χ0v) is 11.3. The highest BCUT2D eigenvalue weighted by Gasteiger charge is 2.31. The summed E-state index contributed by atoms with van der Waals surface area (Å²) in [6, 6.07) is -0.370. The Morgan fingerprint density at radius 2 is 1.80 bits per heavy atom. The van der Waals surface area contributed by atoms with E-state index in [1.807, 2.05) is 37.4 Å². The Hall–Kier alpha value is 0.0700. The van der Waals surface area contributed by atoms with Crippen molar-refractivity contribution in [2.45, 2.75) is 26.8 Å². The van der Waals surface area contributed by atoms with E-state index in [0.29, 0.717) is 0 Å². The summed E-state index contributed by atoms with van der Waals surface area (Å²) >= 11 is 1.90. The minimum Gasteiger partial charge on any atom is -0.340 e. The molecule has 1 atom stereocenters. The van der Waals surface area contributed by atoms with Gasteiger partial charge in [0.1, 0.15) is 0 Å². The largest absolute Gasteiger partial charge is 0.340 e. The first-order chi connectivity index (χ1) is 6.43. The SMILES string of the molecule is CC(C)(C)C(N)C(=O)N1CCSCC1.Cl. The number of thioether (sulfide) groups is 1. The summed E-state index contributed by atoms with van der Waals surface area (Å²) in [5.41, 5.74) is 5.79. The molecule has 0 spiro atoms. The fourth-order valence-electron chi connectivity index (χ4n) is 1.35. The van der Waals surface area contributed by atoms with Crippen LogP contribution in [0.1, 0.15) is 20.8 Å². The van der Waals surface area contributed by atoms with Crippen LogP contribution < -0.4 is 5.73 Å². The van der Waals surface area contributed by atoms with Crippen LogP contribution in [0.4, 0.5) is 0 Å². The molecule has 2 N–H and O–H groups in total. The van der Waals surface area contributed by atoms with Gasteiger partial charge in [-0.15, -0.1) is 12.4 Å². The number of rotatable bonds is 1. The minimum absolute atomic E-state index is 0. The summed E-state index contributed by atoms with van der Waals surface area (Å²) < 4.78 is 0. The number of nitrogens with zero attached hydrogens (tertiary/aromatic N) is 1. The topological polar surface area (TPSA) is 46.3 Å². The van der Waals surface area contributed by atoms with Gasteiger partial charge in [0.25, 0.3) is 0 Å². The van der Waals surface area contributed by atoms with E-state index < -0.39 is 0 Å². The van der Waals surface area contributed by atoms with Crippen molar-refractivity contribution in [2.75, 3.05) is 24.6 Å². The van der Waals surface area contributed by atoms with E-state index in [-0.39, 0.29) is 29.8 Å². The molecule has 0 aromatic carbocycles. The number of hydrogen-bond acceptors (Lipinski definition) is 3. The summed E-state index contributed by atoms with van der Waals surface area (Å²) in [5, 5.41) is 0. The molecule has 0 bridgehead atoms. The fraction of sp³-hybridized carbons (Fsp3) is 0.900. The molecular formula is C10H21ClN2OS. The Morgan fingerprint density at radius 3 is 2.20 bits per heavy atom. The third-order valence-corrected chi connectivity index (χ3v) is 3.46. The minimum atomic E-state index is -0.370. The molecule has 0 radical (unpaired) electrons. The average Bonchev–Trinajstić information content (AvgIpc) is 2.15. The standard InChI is InChI=1S/C10H20N2OS.ClH/c1-10(2,3)8(11)9(13)12-4-6-14-7-5-12;/h8H,4-7,11H2,1-3H3;1H. The van der Waals surface area contributed by atoms with Crippen molar-refractivity contribution in [1.29, 1.82) is 0 Å². The van der Waals surface area contributed by atoms with Gasteiger partial charge in [-0.2, -0.15) is 11.8 Å². The van der Waals surface area contributed by atoms with Crippen LogP contribution in [0.2, 0.25) is 0 Å². The van der Waals surface area contributed by atoms with E-state index in [9.17, 15) is 4.79 Å². The van der Waals surface area contributed by atoms with Gasteiger partial charge in [0.2, 0.25) is 5.91 Å². The Balaban J connectivity index is 0.00000196. The molecule has 1 aliphatic rings.